The van der Waals surface area contributed by atoms with Gasteiger partial charge in [-0.25, -0.2) is 4.39 Å². The number of hydrogen-bond acceptors (Lipinski definition) is 3. The Hall–Kier alpha value is -1.63. The van der Waals surface area contributed by atoms with Crippen molar-refractivity contribution in [1.82, 2.24) is 5.32 Å². The van der Waals surface area contributed by atoms with E-state index in [1.807, 2.05) is 18.2 Å². The van der Waals surface area contributed by atoms with Crippen molar-refractivity contribution < 1.29 is 13.9 Å². The van der Waals surface area contributed by atoms with Crippen LogP contribution in [0.15, 0.2) is 40.9 Å². The molecule has 0 spiro atoms. The standard InChI is InChI=1S/C18H18BrFN2O2.ClH/c1-11(24-14-5-3-13(19)4-6-14)18(23)22-16-7-2-12-10-21-9-8-15(12)17(16)20;/h2-7,11,21H,8-10H2,1H3,(H,22,23);1H. The number of rotatable bonds is 4. The summed E-state index contributed by atoms with van der Waals surface area (Å²) in [6, 6.07) is 10.6. The Morgan fingerprint density at radius 1 is 1.28 bits per heavy atom. The van der Waals surface area contributed by atoms with Gasteiger partial charge in [0, 0.05) is 11.0 Å². The SMILES string of the molecule is CC(Oc1ccc(Br)cc1)C(=O)Nc1ccc2c(c1F)CCNC2.Cl. The monoisotopic (exact) mass is 428 g/mol. The molecule has 1 amide bonds. The van der Waals surface area contributed by atoms with Gasteiger partial charge in [0.1, 0.15) is 11.6 Å². The minimum atomic E-state index is -0.733. The highest BCUT2D eigenvalue weighted by Crippen LogP contribution is 2.25. The van der Waals surface area contributed by atoms with Crippen molar-refractivity contribution in [3.63, 3.8) is 0 Å². The second kappa shape index (κ2) is 8.65. The van der Waals surface area contributed by atoms with Crippen LogP contribution in [0.25, 0.3) is 0 Å². The molecule has 0 saturated heterocycles. The molecule has 0 bridgehead atoms. The highest BCUT2D eigenvalue weighted by Gasteiger charge is 2.20. The van der Waals surface area contributed by atoms with E-state index in [0.29, 0.717) is 24.3 Å². The van der Waals surface area contributed by atoms with Crippen LogP contribution in [0.4, 0.5) is 10.1 Å². The molecule has 0 aromatic heterocycles. The Morgan fingerprint density at radius 3 is 2.72 bits per heavy atom. The molecular weight excluding hydrogens is 411 g/mol. The smallest absolute Gasteiger partial charge is 0.265 e. The van der Waals surface area contributed by atoms with Crippen molar-refractivity contribution in [1.29, 1.82) is 0 Å². The second-order valence-corrected chi connectivity index (χ2v) is 6.61. The lowest BCUT2D eigenvalue weighted by Crippen LogP contribution is -2.31. The van der Waals surface area contributed by atoms with E-state index in [1.54, 1.807) is 25.1 Å². The summed E-state index contributed by atoms with van der Waals surface area (Å²) in [6.45, 7) is 3.03. The predicted molar refractivity (Wildman–Crippen MR) is 102 cm³/mol. The zero-order valence-electron chi connectivity index (χ0n) is 13.6. The molecule has 1 unspecified atom stereocenters. The first-order chi connectivity index (χ1) is 11.5. The predicted octanol–water partition coefficient (Wildman–Crippen LogP) is 4.06. The Labute approximate surface area is 160 Å². The summed E-state index contributed by atoms with van der Waals surface area (Å²) >= 11 is 3.34. The summed E-state index contributed by atoms with van der Waals surface area (Å²) in [5.41, 5.74) is 1.82. The van der Waals surface area contributed by atoms with Gasteiger partial charge in [0.2, 0.25) is 0 Å². The van der Waals surface area contributed by atoms with Crippen molar-refractivity contribution in [2.75, 3.05) is 11.9 Å². The molecule has 7 heteroatoms. The number of carbonyl (C=O) groups excluding carboxylic acids is 1. The molecule has 2 aromatic carbocycles. The van der Waals surface area contributed by atoms with E-state index in [4.69, 9.17) is 4.74 Å². The van der Waals surface area contributed by atoms with E-state index in [0.717, 1.165) is 16.6 Å². The quantitative estimate of drug-likeness (QED) is 0.770. The van der Waals surface area contributed by atoms with E-state index in [2.05, 4.69) is 26.6 Å². The topological polar surface area (TPSA) is 50.4 Å². The molecule has 134 valence electrons. The average Bonchev–Trinajstić information content (AvgIpc) is 2.59. The number of benzene rings is 2. The Bertz CT molecular complexity index is 755. The van der Waals surface area contributed by atoms with Gasteiger partial charge in [0.05, 0.1) is 5.69 Å². The number of nitrogens with one attached hydrogen (secondary N) is 2. The minimum absolute atomic E-state index is 0. The molecule has 2 N–H and O–H groups in total. The molecule has 1 atom stereocenters. The third kappa shape index (κ3) is 4.71. The van der Waals surface area contributed by atoms with Gasteiger partial charge in [-0.2, -0.15) is 0 Å². The van der Waals surface area contributed by atoms with Gasteiger partial charge in [0.25, 0.3) is 5.91 Å². The van der Waals surface area contributed by atoms with E-state index < -0.39 is 6.10 Å². The molecule has 1 aliphatic heterocycles. The summed E-state index contributed by atoms with van der Waals surface area (Å²) in [6.07, 6.45) is -0.112. The van der Waals surface area contributed by atoms with Crippen LogP contribution in [-0.4, -0.2) is 18.6 Å². The van der Waals surface area contributed by atoms with Gasteiger partial charge >= 0.3 is 0 Å². The lowest BCUT2D eigenvalue weighted by atomic mass is 9.99. The van der Waals surface area contributed by atoms with Crippen molar-refractivity contribution in [2.24, 2.45) is 0 Å². The molecule has 1 aliphatic rings. The van der Waals surface area contributed by atoms with Gasteiger partial charge in [-0.15, -0.1) is 12.4 Å². The number of hydrogen-bond donors (Lipinski definition) is 2. The fourth-order valence-electron chi connectivity index (χ4n) is 2.64. The maximum atomic E-state index is 14.6. The zero-order valence-corrected chi connectivity index (χ0v) is 16.0. The van der Waals surface area contributed by atoms with Crippen molar-refractivity contribution in [3.8, 4) is 5.75 Å². The van der Waals surface area contributed by atoms with Crippen molar-refractivity contribution in [2.45, 2.75) is 26.0 Å². The number of ether oxygens (including phenoxy) is 1. The second-order valence-electron chi connectivity index (χ2n) is 5.69. The summed E-state index contributed by atoms with van der Waals surface area (Å²) in [7, 11) is 0. The fraction of sp³-hybridized carbons (Fsp3) is 0.278. The molecule has 1 heterocycles. The lowest BCUT2D eigenvalue weighted by Gasteiger charge is -2.20. The van der Waals surface area contributed by atoms with Crippen LogP contribution in [0, 0.1) is 5.82 Å². The Morgan fingerprint density at radius 2 is 2.00 bits per heavy atom. The van der Waals surface area contributed by atoms with Crippen LogP contribution in [0.1, 0.15) is 18.1 Å². The van der Waals surface area contributed by atoms with E-state index in [-0.39, 0.29) is 29.8 Å². The molecule has 25 heavy (non-hydrogen) atoms. The first-order valence-electron chi connectivity index (χ1n) is 7.78. The van der Waals surface area contributed by atoms with Gasteiger partial charge in [0.15, 0.2) is 6.10 Å². The fourth-order valence-corrected chi connectivity index (χ4v) is 2.90. The van der Waals surface area contributed by atoms with E-state index in [9.17, 15) is 9.18 Å². The number of fused-ring (bicyclic) bond motifs is 1. The van der Waals surface area contributed by atoms with Gasteiger partial charge in [-0.3, -0.25) is 4.79 Å². The number of carbonyl (C=O) groups is 1. The van der Waals surface area contributed by atoms with Crippen LogP contribution in [-0.2, 0) is 17.8 Å². The van der Waals surface area contributed by atoms with Gasteiger partial charge in [-0.1, -0.05) is 22.0 Å². The third-order valence-corrected chi connectivity index (χ3v) is 4.49. The van der Waals surface area contributed by atoms with E-state index in [1.165, 1.54) is 0 Å². The molecule has 0 radical (unpaired) electrons. The zero-order chi connectivity index (χ0) is 17.1. The molecule has 0 saturated carbocycles. The third-order valence-electron chi connectivity index (χ3n) is 3.96. The highest BCUT2D eigenvalue weighted by molar-refractivity contribution is 9.10. The summed E-state index contributed by atoms with van der Waals surface area (Å²) in [5, 5.41) is 5.82. The van der Waals surface area contributed by atoms with Crippen molar-refractivity contribution >= 4 is 39.9 Å². The maximum Gasteiger partial charge on any atom is 0.265 e. The molecule has 3 rings (SSSR count). The van der Waals surface area contributed by atoms with Crippen LogP contribution >= 0.6 is 28.3 Å². The van der Waals surface area contributed by atoms with Gasteiger partial charge in [-0.05, 0) is 61.3 Å². The average molecular weight is 430 g/mol. The summed E-state index contributed by atoms with van der Waals surface area (Å²) in [5.74, 6) is -0.151. The summed E-state index contributed by atoms with van der Waals surface area (Å²) < 4.78 is 21.1. The highest BCUT2D eigenvalue weighted by atomic mass is 79.9. The first-order valence-corrected chi connectivity index (χ1v) is 8.58. The number of anilines is 1. The largest absolute Gasteiger partial charge is 0.481 e. The van der Waals surface area contributed by atoms with E-state index >= 15 is 0 Å². The first kappa shape index (κ1) is 19.7. The summed E-state index contributed by atoms with van der Waals surface area (Å²) in [4.78, 5) is 12.3. The van der Waals surface area contributed by atoms with Crippen LogP contribution in [0.3, 0.4) is 0 Å². The molecule has 2 aromatic rings. The number of amides is 1. The number of halogens is 3. The molecule has 0 fully saturated rings. The Kier molecular flexibility index (Phi) is 6.81. The van der Waals surface area contributed by atoms with Crippen molar-refractivity contribution in [3.05, 3.63) is 57.8 Å². The van der Waals surface area contributed by atoms with Crippen LogP contribution in [0.2, 0.25) is 0 Å². The molecule has 0 aliphatic carbocycles. The normalized spacial score (nSPS) is 14.0. The maximum absolute atomic E-state index is 14.6. The van der Waals surface area contributed by atoms with Crippen LogP contribution in [0.5, 0.6) is 5.75 Å². The minimum Gasteiger partial charge on any atom is -0.481 e. The van der Waals surface area contributed by atoms with Crippen LogP contribution < -0.4 is 15.4 Å². The van der Waals surface area contributed by atoms with Gasteiger partial charge < -0.3 is 15.4 Å². The Balaban J connectivity index is 0.00000225. The lowest BCUT2D eigenvalue weighted by molar-refractivity contribution is -0.122. The molecular formula is C18H19BrClFN2O2. The molecule has 4 nitrogen and oxygen atoms in total.